The summed E-state index contributed by atoms with van der Waals surface area (Å²) >= 11 is 0. The van der Waals surface area contributed by atoms with Crippen LogP contribution in [0.1, 0.15) is 23.6 Å². The lowest BCUT2D eigenvalue weighted by molar-refractivity contribution is -0.135. The van der Waals surface area contributed by atoms with E-state index >= 15 is 0 Å². The molecule has 0 saturated heterocycles. The van der Waals surface area contributed by atoms with E-state index in [0.29, 0.717) is 31.1 Å². The summed E-state index contributed by atoms with van der Waals surface area (Å²) in [6.45, 7) is 3.18. The molecule has 0 aromatic heterocycles. The quantitative estimate of drug-likeness (QED) is 0.273. The lowest BCUT2D eigenvalue weighted by atomic mass is 10.2. The van der Waals surface area contributed by atoms with Crippen molar-refractivity contribution in [3.05, 3.63) is 95.6 Å². The van der Waals surface area contributed by atoms with Crippen molar-refractivity contribution >= 4 is 11.7 Å². The summed E-state index contributed by atoms with van der Waals surface area (Å²) in [5, 5.41) is 3.92. The van der Waals surface area contributed by atoms with Gasteiger partial charge in [-0.25, -0.2) is 0 Å². The van der Waals surface area contributed by atoms with Gasteiger partial charge in [-0.2, -0.15) is 0 Å². The minimum absolute atomic E-state index is 0.139. The number of likely N-dealkylation sites (N-methyl/N-ethyl adjacent to an activating group) is 1. The summed E-state index contributed by atoms with van der Waals surface area (Å²) in [7, 11) is 1.71. The topological polar surface area (TPSA) is 86.4 Å². The Morgan fingerprint density at radius 1 is 0.909 bits per heavy atom. The molecule has 7 nitrogen and oxygen atoms in total. The number of carbonyl (C=O) groups excluding carboxylic acids is 1. The van der Waals surface area contributed by atoms with Gasteiger partial charge in [0, 0.05) is 13.6 Å². The molecule has 0 saturated carbocycles. The largest absolute Gasteiger partial charge is 0.494 e. The number of rotatable bonds is 11. The van der Waals surface area contributed by atoms with Gasteiger partial charge in [0.05, 0.1) is 12.2 Å². The highest BCUT2D eigenvalue weighted by Gasteiger charge is 2.12. The Bertz CT molecular complexity index is 1050. The van der Waals surface area contributed by atoms with Crippen molar-refractivity contribution in [3.8, 4) is 11.5 Å². The average Bonchev–Trinajstić information content (AvgIpc) is 2.84. The zero-order valence-corrected chi connectivity index (χ0v) is 18.9. The smallest absolute Gasteiger partial charge is 0.263 e. The Labute approximate surface area is 194 Å². The van der Waals surface area contributed by atoms with Crippen LogP contribution in [0, 0.1) is 0 Å². The molecule has 0 atom stereocenters. The van der Waals surface area contributed by atoms with Crippen LogP contribution in [-0.4, -0.2) is 36.9 Å². The highest BCUT2D eigenvalue weighted by Crippen LogP contribution is 2.19. The number of oxime groups is 1. The predicted molar refractivity (Wildman–Crippen MR) is 128 cm³/mol. The van der Waals surface area contributed by atoms with E-state index in [9.17, 15) is 4.79 Å². The van der Waals surface area contributed by atoms with E-state index in [4.69, 9.17) is 20.0 Å². The predicted octanol–water partition coefficient (Wildman–Crippen LogP) is 3.96. The molecule has 0 spiro atoms. The number of nitrogens with two attached hydrogens (primary N) is 1. The number of amidine groups is 1. The molecule has 0 aliphatic rings. The fraction of sp³-hybridized carbons (Fsp3) is 0.231. The van der Waals surface area contributed by atoms with Crippen molar-refractivity contribution in [2.75, 3.05) is 20.3 Å². The second-order valence-corrected chi connectivity index (χ2v) is 7.35. The maximum Gasteiger partial charge on any atom is 0.263 e. The van der Waals surface area contributed by atoms with Crippen LogP contribution >= 0.6 is 0 Å². The molecule has 0 bridgehead atoms. The van der Waals surface area contributed by atoms with E-state index in [1.807, 2.05) is 79.7 Å². The van der Waals surface area contributed by atoms with Crippen molar-refractivity contribution in [2.24, 2.45) is 10.9 Å². The highest BCUT2D eigenvalue weighted by molar-refractivity contribution is 5.99. The second kappa shape index (κ2) is 12.1. The number of hydrogen-bond acceptors (Lipinski definition) is 5. The highest BCUT2D eigenvalue weighted by atomic mass is 16.6. The van der Waals surface area contributed by atoms with Gasteiger partial charge in [-0.1, -0.05) is 59.8 Å². The van der Waals surface area contributed by atoms with Gasteiger partial charge in [0.2, 0.25) is 0 Å². The zero-order valence-electron chi connectivity index (χ0n) is 18.9. The number of ether oxygens (including phenoxy) is 2. The van der Waals surface area contributed by atoms with Gasteiger partial charge in [0.1, 0.15) is 18.1 Å². The molecular weight excluding hydrogens is 418 g/mol. The number of amides is 1. The molecule has 1 amide bonds. The van der Waals surface area contributed by atoms with Crippen LogP contribution in [0.4, 0.5) is 0 Å². The Morgan fingerprint density at radius 2 is 1.61 bits per heavy atom. The lowest BCUT2D eigenvalue weighted by Crippen LogP contribution is -2.29. The molecule has 0 aliphatic heterocycles. The van der Waals surface area contributed by atoms with E-state index in [1.165, 1.54) is 0 Å². The standard InChI is InChI=1S/C26H29N3O4/c1-3-31-22-15-13-20(14-16-22)17-29(2)25(30)19-33-28-26(27)23-11-7-8-12-24(23)32-18-21-9-5-4-6-10-21/h4-16H,3,17-19H2,1-2H3,(H2,27,28). The van der Waals surface area contributed by atoms with Gasteiger partial charge in [-0.3, -0.25) is 4.79 Å². The van der Waals surface area contributed by atoms with Crippen LogP contribution in [-0.2, 0) is 22.8 Å². The maximum absolute atomic E-state index is 12.4. The zero-order chi connectivity index (χ0) is 23.5. The molecule has 0 heterocycles. The van der Waals surface area contributed by atoms with Crippen LogP contribution in [0.2, 0.25) is 0 Å². The van der Waals surface area contributed by atoms with Crippen molar-refractivity contribution in [3.63, 3.8) is 0 Å². The third kappa shape index (κ3) is 7.28. The summed E-state index contributed by atoms with van der Waals surface area (Å²) in [4.78, 5) is 19.2. The van der Waals surface area contributed by atoms with E-state index in [1.54, 1.807) is 18.0 Å². The van der Waals surface area contributed by atoms with Crippen molar-refractivity contribution in [2.45, 2.75) is 20.1 Å². The van der Waals surface area contributed by atoms with Gasteiger partial charge in [-0.15, -0.1) is 0 Å². The first kappa shape index (κ1) is 23.7. The number of carbonyl (C=O) groups is 1. The van der Waals surface area contributed by atoms with Crippen molar-refractivity contribution in [1.29, 1.82) is 0 Å². The molecule has 3 aromatic rings. The minimum Gasteiger partial charge on any atom is -0.494 e. The Hall–Kier alpha value is -4.00. The van der Waals surface area contributed by atoms with Crippen molar-refractivity contribution < 1.29 is 19.1 Å². The molecule has 2 N–H and O–H groups in total. The normalized spacial score (nSPS) is 11.0. The summed E-state index contributed by atoms with van der Waals surface area (Å²) in [5.74, 6) is 1.32. The lowest BCUT2D eigenvalue weighted by Gasteiger charge is -2.17. The second-order valence-electron chi connectivity index (χ2n) is 7.35. The Kier molecular flexibility index (Phi) is 8.71. The molecule has 0 radical (unpaired) electrons. The van der Waals surface area contributed by atoms with E-state index in [0.717, 1.165) is 16.9 Å². The van der Waals surface area contributed by atoms with Gasteiger partial charge >= 0.3 is 0 Å². The number of benzene rings is 3. The van der Waals surface area contributed by atoms with Crippen LogP contribution in [0.5, 0.6) is 11.5 Å². The SMILES string of the molecule is CCOc1ccc(CN(C)C(=O)CO/N=C(/N)c2ccccc2OCc2ccccc2)cc1. The summed E-state index contributed by atoms with van der Waals surface area (Å²) in [6, 6.07) is 24.8. The molecule has 172 valence electrons. The van der Waals surface area contributed by atoms with E-state index in [2.05, 4.69) is 5.16 Å². The molecule has 0 aliphatic carbocycles. The van der Waals surface area contributed by atoms with E-state index < -0.39 is 0 Å². The first-order valence-corrected chi connectivity index (χ1v) is 10.7. The van der Waals surface area contributed by atoms with Gasteiger partial charge in [0.15, 0.2) is 12.4 Å². The fourth-order valence-electron chi connectivity index (χ4n) is 3.08. The summed E-state index contributed by atoms with van der Waals surface area (Å²) in [5.41, 5.74) is 8.73. The van der Waals surface area contributed by atoms with Crippen LogP contribution in [0.15, 0.2) is 84.0 Å². The molecule has 7 heteroatoms. The molecule has 0 fully saturated rings. The van der Waals surface area contributed by atoms with Gasteiger partial charge < -0.3 is 24.9 Å². The summed E-state index contributed by atoms with van der Waals surface area (Å²) in [6.07, 6.45) is 0. The number of nitrogens with zero attached hydrogens (tertiary/aromatic N) is 2. The molecule has 33 heavy (non-hydrogen) atoms. The van der Waals surface area contributed by atoms with Crippen molar-refractivity contribution in [1.82, 2.24) is 4.90 Å². The van der Waals surface area contributed by atoms with Crippen LogP contribution in [0.3, 0.4) is 0 Å². The first-order valence-electron chi connectivity index (χ1n) is 10.7. The average molecular weight is 448 g/mol. The van der Waals surface area contributed by atoms with Gasteiger partial charge in [0.25, 0.3) is 5.91 Å². The van der Waals surface area contributed by atoms with Crippen LogP contribution in [0.25, 0.3) is 0 Å². The molecular formula is C26H29N3O4. The van der Waals surface area contributed by atoms with Gasteiger partial charge in [-0.05, 0) is 42.3 Å². The third-order valence-electron chi connectivity index (χ3n) is 4.83. The molecule has 0 unspecified atom stereocenters. The summed E-state index contributed by atoms with van der Waals surface area (Å²) < 4.78 is 11.3. The molecule has 3 aromatic carbocycles. The molecule has 3 rings (SSSR count). The first-order chi connectivity index (χ1) is 16.1. The minimum atomic E-state index is -0.221. The Balaban J connectivity index is 1.52. The van der Waals surface area contributed by atoms with Crippen LogP contribution < -0.4 is 15.2 Å². The number of hydrogen-bond donors (Lipinski definition) is 1. The Morgan fingerprint density at radius 3 is 2.33 bits per heavy atom. The fourth-order valence-corrected chi connectivity index (χ4v) is 3.08. The third-order valence-corrected chi connectivity index (χ3v) is 4.83. The maximum atomic E-state index is 12.4. The monoisotopic (exact) mass is 447 g/mol. The number of para-hydroxylation sites is 1. The van der Waals surface area contributed by atoms with E-state index in [-0.39, 0.29) is 18.3 Å².